The van der Waals surface area contributed by atoms with Gasteiger partial charge in [-0.25, -0.2) is 0 Å². The summed E-state index contributed by atoms with van der Waals surface area (Å²) in [5.74, 6) is 0. The van der Waals surface area contributed by atoms with Gasteiger partial charge in [-0.05, 0) is 12.1 Å². The summed E-state index contributed by atoms with van der Waals surface area (Å²) in [7, 11) is 0. The van der Waals surface area contributed by atoms with Crippen LogP contribution in [-0.4, -0.2) is 17.7 Å². The van der Waals surface area contributed by atoms with E-state index in [0.717, 1.165) is 18.7 Å². The lowest BCUT2D eigenvalue weighted by Gasteiger charge is -1.95. The second-order valence-electron chi connectivity index (χ2n) is 2.63. The smallest absolute Gasteiger partial charge is 0.0865 e. The Balaban J connectivity index is 2.06. The predicted molar refractivity (Wildman–Crippen MR) is 42.7 cm³/mol. The maximum atomic E-state index is 5.67. The molecule has 1 aliphatic heterocycles. The molecule has 2 rings (SSSR count). The van der Waals surface area contributed by atoms with E-state index in [-0.39, 0.29) is 0 Å². The standard InChI is InChI=1S/C8H8ClNO/c9-6-1-2-7(10-4-6)3-8-5-11-8/h1-2,4,8H,3,5H2. The average Bonchev–Trinajstić information content (AvgIpc) is 2.78. The van der Waals surface area contributed by atoms with Crippen molar-refractivity contribution in [3.8, 4) is 0 Å². The van der Waals surface area contributed by atoms with E-state index >= 15 is 0 Å². The van der Waals surface area contributed by atoms with Crippen molar-refractivity contribution in [3.63, 3.8) is 0 Å². The molecule has 2 heterocycles. The molecule has 0 aliphatic carbocycles. The van der Waals surface area contributed by atoms with E-state index in [0.29, 0.717) is 11.1 Å². The maximum absolute atomic E-state index is 5.67. The molecule has 0 bridgehead atoms. The van der Waals surface area contributed by atoms with Gasteiger partial charge in [0.2, 0.25) is 0 Å². The van der Waals surface area contributed by atoms with Gasteiger partial charge in [-0.3, -0.25) is 4.98 Å². The van der Waals surface area contributed by atoms with Gasteiger partial charge in [-0.15, -0.1) is 0 Å². The lowest BCUT2D eigenvalue weighted by Crippen LogP contribution is -1.94. The zero-order valence-corrected chi connectivity index (χ0v) is 6.71. The Kier molecular flexibility index (Phi) is 1.80. The van der Waals surface area contributed by atoms with Crippen molar-refractivity contribution >= 4 is 11.6 Å². The second kappa shape index (κ2) is 2.80. The van der Waals surface area contributed by atoms with E-state index in [1.54, 1.807) is 6.20 Å². The molecule has 1 aromatic heterocycles. The number of halogens is 1. The molecule has 0 spiro atoms. The van der Waals surface area contributed by atoms with Crippen LogP contribution in [-0.2, 0) is 11.2 Å². The summed E-state index contributed by atoms with van der Waals surface area (Å²) in [6.07, 6.45) is 2.99. The summed E-state index contributed by atoms with van der Waals surface area (Å²) >= 11 is 5.67. The molecule has 0 saturated carbocycles. The van der Waals surface area contributed by atoms with Crippen LogP contribution in [0.2, 0.25) is 5.02 Å². The zero-order chi connectivity index (χ0) is 7.68. The highest BCUT2D eigenvalue weighted by molar-refractivity contribution is 6.30. The second-order valence-corrected chi connectivity index (χ2v) is 3.06. The van der Waals surface area contributed by atoms with Crippen LogP contribution in [0.1, 0.15) is 5.69 Å². The molecule has 1 aromatic rings. The molecule has 0 radical (unpaired) electrons. The Morgan fingerprint density at radius 2 is 2.45 bits per heavy atom. The highest BCUT2D eigenvalue weighted by Crippen LogP contribution is 2.15. The minimum absolute atomic E-state index is 0.406. The molecule has 58 valence electrons. The van der Waals surface area contributed by atoms with Crippen LogP contribution < -0.4 is 0 Å². The Morgan fingerprint density at radius 1 is 1.64 bits per heavy atom. The van der Waals surface area contributed by atoms with E-state index in [1.165, 1.54) is 0 Å². The van der Waals surface area contributed by atoms with Crippen molar-refractivity contribution in [1.82, 2.24) is 4.98 Å². The van der Waals surface area contributed by atoms with Crippen LogP contribution in [0.25, 0.3) is 0 Å². The Hall–Kier alpha value is -0.600. The van der Waals surface area contributed by atoms with Crippen molar-refractivity contribution in [3.05, 3.63) is 29.0 Å². The Morgan fingerprint density at radius 3 is 3.00 bits per heavy atom. The molecule has 0 amide bonds. The van der Waals surface area contributed by atoms with Gasteiger partial charge >= 0.3 is 0 Å². The van der Waals surface area contributed by atoms with Gasteiger partial charge in [0.15, 0.2) is 0 Å². The third-order valence-corrected chi connectivity index (χ3v) is 1.85. The first-order chi connectivity index (χ1) is 5.34. The fourth-order valence-corrected chi connectivity index (χ4v) is 1.06. The number of hydrogen-bond donors (Lipinski definition) is 0. The fraction of sp³-hybridized carbons (Fsp3) is 0.375. The first kappa shape index (κ1) is 7.07. The fourth-order valence-electron chi connectivity index (χ4n) is 0.946. The molecule has 11 heavy (non-hydrogen) atoms. The topological polar surface area (TPSA) is 25.4 Å². The lowest BCUT2D eigenvalue weighted by molar-refractivity contribution is 0.406. The molecule has 1 aliphatic rings. The van der Waals surface area contributed by atoms with Crippen LogP contribution in [0.3, 0.4) is 0 Å². The van der Waals surface area contributed by atoms with E-state index < -0.39 is 0 Å². The van der Waals surface area contributed by atoms with Crippen LogP contribution in [0.15, 0.2) is 18.3 Å². The molecule has 0 aromatic carbocycles. The highest BCUT2D eigenvalue weighted by Gasteiger charge is 2.22. The van der Waals surface area contributed by atoms with Crippen molar-refractivity contribution in [2.45, 2.75) is 12.5 Å². The van der Waals surface area contributed by atoms with Gasteiger partial charge in [0.1, 0.15) is 0 Å². The summed E-state index contributed by atoms with van der Waals surface area (Å²) in [5, 5.41) is 0.686. The number of rotatable bonds is 2. The summed E-state index contributed by atoms with van der Waals surface area (Å²) in [6, 6.07) is 3.79. The molecule has 1 saturated heterocycles. The number of aromatic nitrogens is 1. The average molecular weight is 170 g/mol. The van der Waals surface area contributed by atoms with Crippen molar-refractivity contribution in [2.24, 2.45) is 0 Å². The molecule has 1 fully saturated rings. The number of nitrogens with zero attached hydrogens (tertiary/aromatic N) is 1. The molecular formula is C8H8ClNO. The molecule has 1 atom stereocenters. The minimum Gasteiger partial charge on any atom is -0.373 e. The largest absolute Gasteiger partial charge is 0.373 e. The number of epoxide rings is 1. The number of ether oxygens (including phenoxy) is 1. The van der Waals surface area contributed by atoms with Gasteiger partial charge in [0, 0.05) is 18.3 Å². The normalized spacial score (nSPS) is 21.7. The van der Waals surface area contributed by atoms with Crippen molar-refractivity contribution in [1.29, 1.82) is 0 Å². The van der Waals surface area contributed by atoms with Gasteiger partial charge in [0.05, 0.1) is 17.7 Å². The minimum atomic E-state index is 0.406. The van der Waals surface area contributed by atoms with Crippen LogP contribution in [0.4, 0.5) is 0 Å². The first-order valence-electron chi connectivity index (χ1n) is 3.56. The Bertz CT molecular complexity index is 243. The van der Waals surface area contributed by atoms with Crippen molar-refractivity contribution < 1.29 is 4.74 Å². The first-order valence-corrected chi connectivity index (χ1v) is 3.94. The zero-order valence-electron chi connectivity index (χ0n) is 5.96. The van der Waals surface area contributed by atoms with Gasteiger partial charge in [-0.1, -0.05) is 11.6 Å². The van der Waals surface area contributed by atoms with E-state index in [4.69, 9.17) is 16.3 Å². The molecule has 0 N–H and O–H groups in total. The van der Waals surface area contributed by atoms with Gasteiger partial charge in [0.25, 0.3) is 0 Å². The van der Waals surface area contributed by atoms with E-state index in [1.807, 2.05) is 12.1 Å². The summed E-state index contributed by atoms with van der Waals surface area (Å²) in [6.45, 7) is 0.879. The monoisotopic (exact) mass is 169 g/mol. The summed E-state index contributed by atoms with van der Waals surface area (Å²) in [4.78, 5) is 4.15. The van der Waals surface area contributed by atoms with Crippen LogP contribution >= 0.6 is 11.6 Å². The maximum Gasteiger partial charge on any atom is 0.0865 e. The Labute approximate surface area is 70.2 Å². The van der Waals surface area contributed by atoms with Crippen molar-refractivity contribution in [2.75, 3.05) is 6.61 Å². The van der Waals surface area contributed by atoms with Gasteiger partial charge in [-0.2, -0.15) is 0 Å². The highest BCUT2D eigenvalue weighted by atomic mass is 35.5. The third-order valence-electron chi connectivity index (χ3n) is 1.63. The molecule has 1 unspecified atom stereocenters. The van der Waals surface area contributed by atoms with E-state index in [2.05, 4.69) is 4.98 Å². The van der Waals surface area contributed by atoms with E-state index in [9.17, 15) is 0 Å². The van der Waals surface area contributed by atoms with Gasteiger partial charge < -0.3 is 4.74 Å². The molecule has 2 nitrogen and oxygen atoms in total. The lowest BCUT2D eigenvalue weighted by atomic mass is 10.2. The van der Waals surface area contributed by atoms with Crippen LogP contribution in [0.5, 0.6) is 0 Å². The summed E-state index contributed by atoms with van der Waals surface area (Å²) < 4.78 is 5.07. The molecule has 3 heteroatoms. The SMILES string of the molecule is Clc1ccc(CC2CO2)nc1. The molecular weight excluding hydrogens is 162 g/mol. The third kappa shape index (κ3) is 1.91. The number of pyridine rings is 1. The quantitative estimate of drug-likeness (QED) is 0.630. The summed E-state index contributed by atoms with van der Waals surface area (Å²) in [5.41, 5.74) is 1.05. The number of hydrogen-bond acceptors (Lipinski definition) is 2. The predicted octanol–water partition coefficient (Wildman–Crippen LogP) is 1.68. The van der Waals surface area contributed by atoms with Crippen LogP contribution in [0, 0.1) is 0 Å².